The maximum atomic E-state index is 15.0. The molecule has 0 bridgehead atoms. The number of hydrogen-bond acceptors (Lipinski definition) is 6. The molecule has 2 heterocycles. The number of halogens is 5. The highest BCUT2D eigenvalue weighted by molar-refractivity contribution is 6.00. The molecule has 0 spiro atoms. The van der Waals surface area contributed by atoms with Gasteiger partial charge in [0, 0.05) is 24.4 Å². The molecule has 200 valence electrons. The van der Waals surface area contributed by atoms with Crippen LogP contribution < -0.4 is 16.4 Å². The zero-order valence-electron chi connectivity index (χ0n) is 19.8. The number of urea groups is 1. The summed E-state index contributed by atoms with van der Waals surface area (Å²) in [6, 6.07) is 4.26. The topological polar surface area (TPSA) is 116 Å². The van der Waals surface area contributed by atoms with Crippen LogP contribution >= 0.6 is 0 Å². The van der Waals surface area contributed by atoms with Gasteiger partial charge in [0.1, 0.15) is 23.5 Å². The summed E-state index contributed by atoms with van der Waals surface area (Å²) in [7, 11) is 1.53. The van der Waals surface area contributed by atoms with E-state index in [0.29, 0.717) is 53.6 Å². The molecule has 38 heavy (non-hydrogen) atoms. The van der Waals surface area contributed by atoms with Gasteiger partial charge < -0.3 is 25.8 Å². The molecule has 2 amide bonds. The van der Waals surface area contributed by atoms with E-state index in [0.717, 1.165) is 6.07 Å². The average molecular weight is 536 g/mol. The van der Waals surface area contributed by atoms with Crippen LogP contribution in [0.25, 0.3) is 16.6 Å². The number of aromatic nitrogens is 3. The fourth-order valence-corrected chi connectivity index (χ4v) is 3.69. The Kier molecular flexibility index (Phi) is 7.73. The van der Waals surface area contributed by atoms with Crippen LogP contribution in [0, 0.1) is 11.6 Å². The number of methoxy groups -OCH3 is 1. The standard InChI is InChI=1S/C24H21F5N6O3/c1-37-6-7-38-11-14-10-35-21(22(30)31-12-32-35)20(14)13-2-5-18(17(26)8-13)33-23(36)34-19-9-15(24(27,28)29)3-4-16(19)25/h2-5,8-10,12H,6-7,11H2,1H3,(H2,30,31,32)(H2,33,34,36). The van der Waals surface area contributed by atoms with Gasteiger partial charge in [0.15, 0.2) is 5.82 Å². The molecular weight excluding hydrogens is 515 g/mol. The van der Waals surface area contributed by atoms with Crippen LogP contribution in [0.3, 0.4) is 0 Å². The number of nitrogens with one attached hydrogen (secondary N) is 2. The minimum atomic E-state index is -4.74. The third-order valence-corrected chi connectivity index (χ3v) is 5.42. The number of anilines is 3. The fourth-order valence-electron chi connectivity index (χ4n) is 3.69. The third-order valence-electron chi connectivity index (χ3n) is 5.42. The first-order valence-electron chi connectivity index (χ1n) is 11.0. The molecule has 14 heteroatoms. The van der Waals surface area contributed by atoms with E-state index in [1.165, 1.54) is 30.1 Å². The monoisotopic (exact) mass is 536 g/mol. The SMILES string of the molecule is COCCOCc1cn2ncnc(N)c2c1-c1ccc(NC(=O)Nc2cc(C(F)(F)F)ccc2F)c(F)c1. The van der Waals surface area contributed by atoms with Crippen molar-refractivity contribution in [3.63, 3.8) is 0 Å². The van der Waals surface area contributed by atoms with Crippen LogP contribution in [0.1, 0.15) is 11.1 Å². The molecular formula is C24H21F5N6O3. The van der Waals surface area contributed by atoms with Gasteiger partial charge in [-0.15, -0.1) is 0 Å². The van der Waals surface area contributed by atoms with Crippen LogP contribution in [-0.2, 0) is 22.3 Å². The first kappa shape index (κ1) is 26.8. The van der Waals surface area contributed by atoms with Gasteiger partial charge in [-0.25, -0.2) is 23.1 Å². The maximum absolute atomic E-state index is 15.0. The van der Waals surface area contributed by atoms with E-state index in [1.54, 1.807) is 6.20 Å². The van der Waals surface area contributed by atoms with Crippen molar-refractivity contribution in [2.75, 3.05) is 36.7 Å². The summed E-state index contributed by atoms with van der Waals surface area (Å²) in [5.41, 5.74) is 5.78. The van der Waals surface area contributed by atoms with Gasteiger partial charge in [-0.2, -0.15) is 18.3 Å². The Morgan fingerprint density at radius 1 is 1.05 bits per heavy atom. The highest BCUT2D eigenvalue weighted by Gasteiger charge is 2.31. The van der Waals surface area contributed by atoms with Gasteiger partial charge in [-0.1, -0.05) is 6.07 Å². The van der Waals surface area contributed by atoms with Crippen molar-refractivity contribution >= 4 is 28.7 Å². The van der Waals surface area contributed by atoms with Crippen LogP contribution in [0.5, 0.6) is 0 Å². The Balaban J connectivity index is 1.59. The molecule has 0 aliphatic heterocycles. The van der Waals surface area contributed by atoms with E-state index >= 15 is 4.39 Å². The second-order valence-corrected chi connectivity index (χ2v) is 7.98. The minimum absolute atomic E-state index is 0.133. The number of alkyl halides is 3. The van der Waals surface area contributed by atoms with Gasteiger partial charge in [0.2, 0.25) is 0 Å². The molecule has 4 N–H and O–H groups in total. The first-order valence-corrected chi connectivity index (χ1v) is 11.0. The third kappa shape index (κ3) is 5.81. The molecule has 0 saturated carbocycles. The Hall–Kier alpha value is -4.30. The van der Waals surface area contributed by atoms with E-state index < -0.39 is 35.1 Å². The molecule has 0 aliphatic rings. The summed E-state index contributed by atoms with van der Waals surface area (Å²) >= 11 is 0. The van der Waals surface area contributed by atoms with Crippen molar-refractivity contribution in [2.24, 2.45) is 0 Å². The Labute approximate surface area is 212 Å². The van der Waals surface area contributed by atoms with E-state index in [-0.39, 0.29) is 18.1 Å². The van der Waals surface area contributed by atoms with E-state index in [1.807, 2.05) is 5.32 Å². The number of amides is 2. The quantitative estimate of drug-likeness (QED) is 0.214. The van der Waals surface area contributed by atoms with Crippen LogP contribution in [0.15, 0.2) is 48.9 Å². The molecule has 0 unspecified atom stereocenters. The summed E-state index contributed by atoms with van der Waals surface area (Å²) in [5.74, 6) is -1.82. The van der Waals surface area contributed by atoms with Crippen molar-refractivity contribution in [3.05, 3.63) is 71.7 Å². The maximum Gasteiger partial charge on any atom is 0.416 e. The number of fused-ring (bicyclic) bond motifs is 1. The molecule has 0 radical (unpaired) electrons. The van der Waals surface area contributed by atoms with Crippen LogP contribution in [0.4, 0.5) is 43.9 Å². The second-order valence-electron chi connectivity index (χ2n) is 7.98. The summed E-state index contributed by atoms with van der Waals surface area (Å²) in [4.78, 5) is 16.3. The highest BCUT2D eigenvalue weighted by Crippen LogP contribution is 2.35. The number of carbonyl (C=O) groups excluding carboxylic acids is 1. The molecule has 0 atom stereocenters. The Morgan fingerprint density at radius 2 is 1.82 bits per heavy atom. The lowest BCUT2D eigenvalue weighted by atomic mass is 10.0. The fraction of sp³-hybridized carbons (Fsp3) is 0.208. The largest absolute Gasteiger partial charge is 0.416 e. The van der Waals surface area contributed by atoms with Gasteiger partial charge in [-0.05, 0) is 35.9 Å². The number of ether oxygens (including phenoxy) is 2. The Bertz CT molecular complexity index is 1470. The lowest BCUT2D eigenvalue weighted by Crippen LogP contribution is -2.21. The van der Waals surface area contributed by atoms with Gasteiger partial charge in [0.05, 0.1) is 36.8 Å². The number of nitrogen functional groups attached to an aromatic ring is 1. The number of nitrogens with zero attached hydrogens (tertiary/aromatic N) is 3. The van der Waals surface area contributed by atoms with Gasteiger partial charge >= 0.3 is 12.2 Å². The lowest BCUT2D eigenvalue weighted by Gasteiger charge is -2.13. The zero-order valence-corrected chi connectivity index (χ0v) is 19.8. The second kappa shape index (κ2) is 11.0. The van der Waals surface area contributed by atoms with Crippen molar-refractivity contribution in [1.82, 2.24) is 14.6 Å². The summed E-state index contributed by atoms with van der Waals surface area (Å²) < 4.78 is 79.8. The number of benzene rings is 2. The molecule has 2 aromatic heterocycles. The lowest BCUT2D eigenvalue weighted by molar-refractivity contribution is -0.137. The summed E-state index contributed by atoms with van der Waals surface area (Å²) in [5, 5.41) is 8.25. The predicted octanol–water partition coefficient (Wildman–Crippen LogP) is 5.08. The number of hydrogen-bond donors (Lipinski definition) is 3. The highest BCUT2D eigenvalue weighted by atomic mass is 19.4. The molecule has 0 fully saturated rings. The summed E-state index contributed by atoms with van der Waals surface area (Å²) in [6.07, 6.45) is -1.81. The van der Waals surface area contributed by atoms with Crippen molar-refractivity contribution < 1.29 is 36.2 Å². The minimum Gasteiger partial charge on any atom is -0.382 e. The van der Waals surface area contributed by atoms with E-state index in [4.69, 9.17) is 15.2 Å². The number of rotatable bonds is 8. The Morgan fingerprint density at radius 3 is 2.53 bits per heavy atom. The first-order chi connectivity index (χ1) is 18.1. The van der Waals surface area contributed by atoms with Crippen molar-refractivity contribution in [1.29, 1.82) is 0 Å². The molecule has 9 nitrogen and oxygen atoms in total. The summed E-state index contributed by atoms with van der Waals surface area (Å²) in [6.45, 7) is 0.808. The van der Waals surface area contributed by atoms with Crippen molar-refractivity contribution in [2.45, 2.75) is 12.8 Å². The number of carbonyl (C=O) groups is 1. The molecule has 4 aromatic rings. The molecule has 0 aliphatic carbocycles. The van der Waals surface area contributed by atoms with Crippen LogP contribution in [0.2, 0.25) is 0 Å². The smallest absolute Gasteiger partial charge is 0.382 e. The molecule has 2 aromatic carbocycles. The average Bonchev–Trinajstić information content (AvgIpc) is 3.23. The zero-order chi connectivity index (χ0) is 27.4. The van der Waals surface area contributed by atoms with E-state index in [9.17, 15) is 22.4 Å². The molecule has 4 rings (SSSR count). The van der Waals surface area contributed by atoms with Crippen LogP contribution in [-0.4, -0.2) is 41.0 Å². The van der Waals surface area contributed by atoms with Crippen molar-refractivity contribution in [3.8, 4) is 11.1 Å². The normalized spacial score (nSPS) is 11.6. The van der Waals surface area contributed by atoms with Gasteiger partial charge in [-0.3, -0.25) is 0 Å². The predicted molar refractivity (Wildman–Crippen MR) is 128 cm³/mol. The number of nitrogens with two attached hydrogens (primary N) is 1. The van der Waals surface area contributed by atoms with E-state index in [2.05, 4.69) is 15.4 Å². The van der Waals surface area contributed by atoms with Gasteiger partial charge in [0.25, 0.3) is 0 Å². The molecule has 0 saturated heterocycles.